The molecule has 204 valence electrons. The van der Waals surface area contributed by atoms with Crippen LogP contribution in [-0.4, -0.2) is 75.0 Å². The summed E-state index contributed by atoms with van der Waals surface area (Å²) >= 11 is 0. The van der Waals surface area contributed by atoms with Crippen molar-refractivity contribution in [3.8, 4) is 5.88 Å². The van der Waals surface area contributed by atoms with Crippen molar-refractivity contribution in [3.63, 3.8) is 0 Å². The molecule has 37 heavy (non-hydrogen) atoms. The number of carboxylic acids is 1. The number of fused-ring (bicyclic) bond motifs is 1. The highest BCUT2D eigenvalue weighted by molar-refractivity contribution is 5.78. The number of aliphatic carboxylic acids is 1. The first-order chi connectivity index (χ1) is 17.9. The highest BCUT2D eigenvalue weighted by Gasteiger charge is 2.35. The molecule has 10 nitrogen and oxygen atoms in total. The number of carbonyl (C=O) groups excluding carboxylic acids is 1. The molecular formula is C27H41N5O5. The third-order valence-corrected chi connectivity index (χ3v) is 6.11. The van der Waals surface area contributed by atoms with E-state index in [1.165, 1.54) is 7.11 Å². The average Bonchev–Trinajstić information content (AvgIpc) is 3.29. The molecule has 2 aliphatic heterocycles. The van der Waals surface area contributed by atoms with Gasteiger partial charge in [-0.2, -0.15) is 0 Å². The number of hydrogen-bond donors (Lipinski definition) is 3. The second kappa shape index (κ2) is 15.0. The van der Waals surface area contributed by atoms with Gasteiger partial charge in [0.05, 0.1) is 19.6 Å². The first-order valence-corrected chi connectivity index (χ1v) is 13.2. The van der Waals surface area contributed by atoms with E-state index in [1.807, 2.05) is 39.8 Å². The van der Waals surface area contributed by atoms with Crippen molar-refractivity contribution in [1.29, 1.82) is 0 Å². The minimum Gasteiger partial charge on any atom is -0.481 e. The van der Waals surface area contributed by atoms with E-state index in [-0.39, 0.29) is 12.5 Å². The summed E-state index contributed by atoms with van der Waals surface area (Å²) in [7, 11) is 1.51. The molecule has 4 heterocycles. The third-order valence-electron chi connectivity index (χ3n) is 6.11. The van der Waals surface area contributed by atoms with Crippen molar-refractivity contribution in [2.24, 2.45) is 0 Å². The van der Waals surface area contributed by atoms with Crippen LogP contribution in [0.15, 0.2) is 30.5 Å². The average molecular weight is 516 g/mol. The number of urea groups is 1. The zero-order chi connectivity index (χ0) is 27.4. The molecule has 2 amide bonds. The van der Waals surface area contributed by atoms with Gasteiger partial charge in [-0.15, -0.1) is 0 Å². The van der Waals surface area contributed by atoms with E-state index >= 15 is 0 Å². The molecule has 0 saturated carbocycles. The maximum absolute atomic E-state index is 13.1. The zero-order valence-corrected chi connectivity index (χ0v) is 22.6. The van der Waals surface area contributed by atoms with Gasteiger partial charge < -0.3 is 30.1 Å². The number of aryl methyl sites for hydroxylation is 2. The quantitative estimate of drug-likeness (QED) is 0.455. The highest BCUT2D eigenvalue weighted by Crippen LogP contribution is 2.29. The van der Waals surface area contributed by atoms with Crippen LogP contribution < -0.4 is 10.1 Å². The lowest BCUT2D eigenvalue weighted by atomic mass is 10.0. The molecule has 2 atom stereocenters. The number of pyridine rings is 2. The van der Waals surface area contributed by atoms with Crippen LogP contribution in [0.25, 0.3) is 0 Å². The lowest BCUT2D eigenvalue weighted by Crippen LogP contribution is -2.36. The van der Waals surface area contributed by atoms with Gasteiger partial charge in [-0.1, -0.05) is 39.8 Å². The first kappa shape index (κ1) is 29.8. The van der Waals surface area contributed by atoms with Crippen molar-refractivity contribution in [2.75, 3.05) is 32.1 Å². The molecule has 4 rings (SSSR count). The predicted molar refractivity (Wildman–Crippen MR) is 143 cm³/mol. The number of nitrogens with zero attached hydrogens (tertiary/aromatic N) is 4. The van der Waals surface area contributed by atoms with Gasteiger partial charge in [0.1, 0.15) is 12.0 Å². The van der Waals surface area contributed by atoms with Gasteiger partial charge in [0.2, 0.25) is 5.88 Å². The number of aromatic nitrogens is 2. The number of methoxy groups -OCH3 is 1. The molecule has 10 heteroatoms. The minimum atomic E-state index is -0.973. The SMILES string of the molecule is CC.CC.COc1ccc([C@H](CC(=O)O)N2CCN(CCCc3ccc4c(n3)NC(O)CC4)C2=O)cn1. The van der Waals surface area contributed by atoms with E-state index in [9.17, 15) is 19.8 Å². The molecule has 0 aliphatic carbocycles. The summed E-state index contributed by atoms with van der Waals surface area (Å²) in [6, 6.07) is 6.71. The van der Waals surface area contributed by atoms with E-state index in [2.05, 4.69) is 15.3 Å². The number of aliphatic hydroxyl groups excluding tert-OH is 1. The molecule has 2 aliphatic rings. The van der Waals surface area contributed by atoms with Gasteiger partial charge in [0.15, 0.2) is 0 Å². The molecular weight excluding hydrogens is 474 g/mol. The number of ether oxygens (including phenoxy) is 1. The van der Waals surface area contributed by atoms with Gasteiger partial charge in [0, 0.05) is 37.6 Å². The number of nitrogens with one attached hydrogen (secondary N) is 1. The number of rotatable bonds is 9. The smallest absolute Gasteiger partial charge is 0.320 e. The van der Waals surface area contributed by atoms with Crippen LogP contribution in [0, 0.1) is 0 Å². The van der Waals surface area contributed by atoms with Crippen LogP contribution in [0.2, 0.25) is 0 Å². The molecule has 3 N–H and O–H groups in total. The van der Waals surface area contributed by atoms with Crippen molar-refractivity contribution in [2.45, 2.75) is 72.1 Å². The van der Waals surface area contributed by atoms with Crippen LogP contribution in [-0.2, 0) is 17.6 Å². The molecule has 0 spiro atoms. The Morgan fingerprint density at radius 1 is 1.19 bits per heavy atom. The normalized spacial score (nSPS) is 16.9. The van der Waals surface area contributed by atoms with E-state index in [0.29, 0.717) is 43.9 Å². The molecule has 1 saturated heterocycles. The summed E-state index contributed by atoms with van der Waals surface area (Å²) in [5.74, 6) is 0.196. The van der Waals surface area contributed by atoms with E-state index in [1.54, 1.807) is 28.1 Å². The number of aliphatic hydroxyl groups is 1. The van der Waals surface area contributed by atoms with E-state index < -0.39 is 18.2 Å². The first-order valence-electron chi connectivity index (χ1n) is 13.2. The summed E-state index contributed by atoms with van der Waals surface area (Å²) < 4.78 is 5.07. The Morgan fingerprint density at radius 2 is 1.95 bits per heavy atom. The second-order valence-electron chi connectivity index (χ2n) is 8.32. The third kappa shape index (κ3) is 8.04. The Labute approximate surface area is 219 Å². The molecule has 1 fully saturated rings. The maximum Gasteiger partial charge on any atom is 0.320 e. The molecule has 0 radical (unpaired) electrons. The van der Waals surface area contributed by atoms with Crippen LogP contribution in [0.1, 0.15) is 69.8 Å². The van der Waals surface area contributed by atoms with Crippen molar-refractivity contribution in [3.05, 3.63) is 47.3 Å². The van der Waals surface area contributed by atoms with Crippen LogP contribution in [0.5, 0.6) is 5.88 Å². The van der Waals surface area contributed by atoms with Gasteiger partial charge in [-0.3, -0.25) is 4.79 Å². The highest BCUT2D eigenvalue weighted by atomic mass is 16.5. The number of hydrogen-bond acceptors (Lipinski definition) is 7. The van der Waals surface area contributed by atoms with Crippen molar-refractivity contribution >= 4 is 17.8 Å². The number of carboxylic acid groups (broad SMARTS) is 1. The Balaban J connectivity index is 0.00000115. The molecule has 1 unspecified atom stereocenters. The van der Waals surface area contributed by atoms with Gasteiger partial charge >= 0.3 is 12.0 Å². The topological polar surface area (TPSA) is 128 Å². The lowest BCUT2D eigenvalue weighted by molar-refractivity contribution is -0.138. The fourth-order valence-electron chi connectivity index (χ4n) is 4.35. The van der Waals surface area contributed by atoms with E-state index in [4.69, 9.17) is 4.74 Å². The van der Waals surface area contributed by atoms with Crippen LogP contribution >= 0.6 is 0 Å². The fourth-order valence-corrected chi connectivity index (χ4v) is 4.35. The lowest BCUT2D eigenvalue weighted by Gasteiger charge is -2.27. The summed E-state index contributed by atoms with van der Waals surface area (Å²) in [4.78, 5) is 36.7. The predicted octanol–water partition coefficient (Wildman–Crippen LogP) is 4.10. The number of amides is 2. The molecule has 2 aromatic heterocycles. The monoisotopic (exact) mass is 515 g/mol. The van der Waals surface area contributed by atoms with Crippen molar-refractivity contribution < 1.29 is 24.5 Å². The fraction of sp³-hybridized carbons (Fsp3) is 0.556. The molecule has 0 bridgehead atoms. The summed E-state index contributed by atoms with van der Waals surface area (Å²) in [6.45, 7) is 9.57. The molecule has 0 aromatic carbocycles. The van der Waals surface area contributed by atoms with Gasteiger partial charge in [-0.25, -0.2) is 14.8 Å². The van der Waals surface area contributed by atoms with Gasteiger partial charge in [-0.05, 0) is 42.9 Å². The van der Waals surface area contributed by atoms with Crippen LogP contribution in [0.3, 0.4) is 0 Å². The summed E-state index contributed by atoms with van der Waals surface area (Å²) in [6.07, 6.45) is 3.73. The zero-order valence-electron chi connectivity index (χ0n) is 22.6. The Kier molecular flexibility index (Phi) is 12.1. The minimum absolute atomic E-state index is 0.166. The van der Waals surface area contributed by atoms with Crippen LogP contribution in [0.4, 0.5) is 10.6 Å². The largest absolute Gasteiger partial charge is 0.481 e. The Morgan fingerprint density at radius 3 is 2.59 bits per heavy atom. The van der Waals surface area contributed by atoms with Gasteiger partial charge in [0.25, 0.3) is 0 Å². The Bertz CT molecular complexity index is 1000. The maximum atomic E-state index is 13.1. The van der Waals surface area contributed by atoms with E-state index in [0.717, 1.165) is 29.9 Å². The molecule has 2 aromatic rings. The Hall–Kier alpha value is -3.40. The number of carbonyl (C=O) groups is 2. The summed E-state index contributed by atoms with van der Waals surface area (Å²) in [5.41, 5.74) is 2.68. The standard InChI is InChI=1S/C23H29N5O5.2C2H6/c1-33-20-9-6-16(14-24-20)18(13-21(30)31)28-12-11-27(23(28)32)10-2-3-17-7-4-15-5-8-19(29)26-22(15)25-17;2*1-2/h4,6-7,9,14,18-19,29H,2-3,5,8,10-13H2,1H3,(H,25,26)(H,30,31);2*1-2H3/t18-,19?;;/m0../s1. The number of anilines is 1. The summed E-state index contributed by atoms with van der Waals surface area (Å²) in [5, 5.41) is 22.2. The second-order valence-corrected chi connectivity index (χ2v) is 8.32. The van der Waals surface area contributed by atoms with Crippen molar-refractivity contribution in [1.82, 2.24) is 19.8 Å².